The Morgan fingerprint density at radius 2 is 0.958 bits per heavy atom. The lowest BCUT2D eigenvalue weighted by molar-refractivity contribution is 0.260. The molecule has 0 radical (unpaired) electrons. The van der Waals surface area contributed by atoms with Crippen LogP contribution in [0.1, 0.15) is 67.2 Å². The summed E-state index contributed by atoms with van der Waals surface area (Å²) >= 11 is 0. The molecule has 0 unspecified atom stereocenters. The molecule has 0 spiro atoms. The topological polar surface area (TPSA) is 86.7 Å². The minimum Gasteiger partial charge on any atom is -0.270 e. The summed E-state index contributed by atoms with van der Waals surface area (Å²) in [6.07, 6.45) is 2.35. The van der Waals surface area contributed by atoms with E-state index in [1.807, 2.05) is 41.5 Å². The first-order valence-corrected chi connectivity index (χ1v) is 11.6. The number of unbranched alkanes of at least 4 members (excludes halogenated alkanes) is 1. The molecule has 0 rings (SSSR count). The number of hydrogen-bond acceptors (Lipinski definition) is 6. The van der Waals surface area contributed by atoms with Gasteiger partial charge in [-0.2, -0.15) is 16.8 Å². The van der Waals surface area contributed by atoms with Crippen molar-refractivity contribution in [1.82, 2.24) is 0 Å². The molecule has 24 heavy (non-hydrogen) atoms. The summed E-state index contributed by atoms with van der Waals surface area (Å²) in [7, 11) is -7.11. The molecule has 0 aromatic rings. The predicted molar refractivity (Wildman–Crippen MR) is 96.9 cm³/mol. The predicted octanol–water partition coefficient (Wildman–Crippen LogP) is 3.33. The van der Waals surface area contributed by atoms with Crippen LogP contribution in [0, 0.1) is 10.8 Å². The van der Waals surface area contributed by atoms with Crippen LogP contribution in [-0.2, 0) is 28.6 Å². The summed E-state index contributed by atoms with van der Waals surface area (Å²) in [5.41, 5.74) is -0.635. The molecule has 0 aliphatic carbocycles. The standard InChI is InChI=1S/C16H34O6S2/c1-7-15(3,4)13-23(17,18)21-11-9-10-12-22-24(19,20)14-16(5,6)8-2/h7-14H2,1-6H3. The molecule has 0 aliphatic rings. The second-order valence-electron chi connectivity index (χ2n) is 7.79. The van der Waals surface area contributed by atoms with Crippen molar-refractivity contribution in [1.29, 1.82) is 0 Å². The van der Waals surface area contributed by atoms with Gasteiger partial charge in [-0.05, 0) is 36.5 Å². The molecule has 0 atom stereocenters. The van der Waals surface area contributed by atoms with Gasteiger partial charge >= 0.3 is 0 Å². The Balaban J connectivity index is 4.08. The maximum Gasteiger partial charge on any atom is 0.267 e. The molecule has 0 aliphatic heterocycles. The third-order valence-electron chi connectivity index (χ3n) is 4.11. The SMILES string of the molecule is CCC(C)(C)CS(=O)(=O)OCCCCOS(=O)(=O)CC(C)(C)CC. The normalized spacial score (nSPS) is 14.1. The van der Waals surface area contributed by atoms with E-state index in [9.17, 15) is 16.8 Å². The smallest absolute Gasteiger partial charge is 0.267 e. The molecular formula is C16H34O6S2. The van der Waals surface area contributed by atoms with E-state index in [0.29, 0.717) is 12.8 Å². The van der Waals surface area contributed by atoms with E-state index in [1.54, 1.807) is 0 Å². The summed E-state index contributed by atoms with van der Waals surface area (Å²) in [4.78, 5) is 0. The molecule has 0 saturated carbocycles. The van der Waals surface area contributed by atoms with Crippen molar-refractivity contribution in [3.63, 3.8) is 0 Å². The van der Waals surface area contributed by atoms with Crippen molar-refractivity contribution in [3.8, 4) is 0 Å². The molecule has 146 valence electrons. The van der Waals surface area contributed by atoms with Gasteiger partial charge in [-0.1, -0.05) is 41.5 Å². The van der Waals surface area contributed by atoms with Crippen molar-refractivity contribution >= 4 is 20.2 Å². The fraction of sp³-hybridized carbons (Fsp3) is 1.00. The van der Waals surface area contributed by atoms with E-state index >= 15 is 0 Å². The highest BCUT2D eigenvalue weighted by atomic mass is 32.2. The van der Waals surface area contributed by atoms with Gasteiger partial charge in [0, 0.05) is 0 Å². The Labute approximate surface area is 148 Å². The molecule has 0 amide bonds. The molecule has 0 bridgehead atoms. The zero-order valence-electron chi connectivity index (χ0n) is 15.9. The maximum atomic E-state index is 11.8. The summed E-state index contributed by atoms with van der Waals surface area (Å²) < 4.78 is 57.3. The van der Waals surface area contributed by atoms with Gasteiger partial charge in [0.25, 0.3) is 20.2 Å². The van der Waals surface area contributed by atoms with Gasteiger partial charge in [-0.25, -0.2) is 0 Å². The van der Waals surface area contributed by atoms with Gasteiger partial charge in [0.1, 0.15) is 0 Å². The van der Waals surface area contributed by atoms with Crippen molar-refractivity contribution in [2.75, 3.05) is 24.7 Å². The largest absolute Gasteiger partial charge is 0.270 e. The first kappa shape index (κ1) is 23.8. The van der Waals surface area contributed by atoms with Crippen LogP contribution in [0.25, 0.3) is 0 Å². The summed E-state index contributed by atoms with van der Waals surface area (Å²) in [6.45, 7) is 11.5. The van der Waals surface area contributed by atoms with Crippen LogP contribution < -0.4 is 0 Å². The van der Waals surface area contributed by atoms with Gasteiger partial charge in [-0.15, -0.1) is 0 Å². The van der Waals surface area contributed by atoms with Crippen LogP contribution in [0.4, 0.5) is 0 Å². The van der Waals surface area contributed by atoms with Gasteiger partial charge in [-0.3, -0.25) is 8.37 Å². The van der Waals surface area contributed by atoms with E-state index in [0.717, 1.165) is 12.8 Å². The van der Waals surface area contributed by atoms with Crippen molar-refractivity contribution in [2.45, 2.75) is 67.2 Å². The number of rotatable bonds is 13. The highest BCUT2D eigenvalue weighted by Gasteiger charge is 2.26. The van der Waals surface area contributed by atoms with Gasteiger partial charge in [0.05, 0.1) is 24.7 Å². The average Bonchev–Trinajstić information content (AvgIpc) is 2.40. The molecule has 0 aromatic carbocycles. The monoisotopic (exact) mass is 386 g/mol. The Morgan fingerprint density at radius 3 is 1.21 bits per heavy atom. The third-order valence-corrected chi connectivity index (χ3v) is 7.44. The second kappa shape index (κ2) is 9.50. The van der Waals surface area contributed by atoms with Crippen molar-refractivity contribution in [2.24, 2.45) is 10.8 Å². The minimum atomic E-state index is -3.55. The zero-order chi connectivity index (χ0) is 19.1. The Kier molecular flexibility index (Phi) is 9.43. The van der Waals surface area contributed by atoms with E-state index in [2.05, 4.69) is 0 Å². The van der Waals surface area contributed by atoms with Crippen LogP contribution in [0.15, 0.2) is 0 Å². The Bertz CT molecular complexity index is 509. The second-order valence-corrected chi connectivity index (χ2v) is 11.1. The van der Waals surface area contributed by atoms with Crippen LogP contribution in [0.2, 0.25) is 0 Å². The summed E-state index contributed by atoms with van der Waals surface area (Å²) in [6, 6.07) is 0. The van der Waals surface area contributed by atoms with Gasteiger partial charge in [0.15, 0.2) is 0 Å². The lowest BCUT2D eigenvalue weighted by atomic mass is 9.93. The lowest BCUT2D eigenvalue weighted by Crippen LogP contribution is -2.25. The highest BCUT2D eigenvalue weighted by molar-refractivity contribution is 7.87. The summed E-state index contributed by atoms with van der Waals surface area (Å²) in [5.74, 6) is -0.0407. The summed E-state index contributed by atoms with van der Waals surface area (Å²) in [5, 5.41) is 0. The van der Waals surface area contributed by atoms with Crippen LogP contribution in [-0.4, -0.2) is 41.6 Å². The zero-order valence-corrected chi connectivity index (χ0v) is 17.6. The van der Waals surface area contributed by atoms with E-state index in [-0.39, 0.29) is 35.5 Å². The van der Waals surface area contributed by atoms with E-state index < -0.39 is 20.2 Å². The van der Waals surface area contributed by atoms with Crippen molar-refractivity contribution in [3.05, 3.63) is 0 Å². The van der Waals surface area contributed by atoms with Gasteiger partial charge < -0.3 is 0 Å². The quantitative estimate of drug-likeness (QED) is 0.356. The highest BCUT2D eigenvalue weighted by Crippen LogP contribution is 2.23. The van der Waals surface area contributed by atoms with Crippen LogP contribution >= 0.6 is 0 Å². The molecular weight excluding hydrogens is 352 g/mol. The van der Waals surface area contributed by atoms with Gasteiger partial charge in [0.2, 0.25) is 0 Å². The average molecular weight is 387 g/mol. The van der Waals surface area contributed by atoms with Crippen LogP contribution in [0.3, 0.4) is 0 Å². The number of hydrogen-bond donors (Lipinski definition) is 0. The first-order chi connectivity index (χ1) is 10.7. The third kappa shape index (κ3) is 11.4. The molecule has 0 aromatic heterocycles. The first-order valence-electron chi connectivity index (χ1n) is 8.48. The maximum absolute atomic E-state index is 11.8. The molecule has 6 nitrogen and oxygen atoms in total. The fourth-order valence-electron chi connectivity index (χ4n) is 1.82. The minimum absolute atomic E-state index is 0.0204. The molecule has 8 heteroatoms. The van der Waals surface area contributed by atoms with Crippen molar-refractivity contribution < 1.29 is 25.2 Å². The molecule has 0 heterocycles. The molecule has 0 fully saturated rings. The lowest BCUT2D eigenvalue weighted by Gasteiger charge is -2.22. The molecule has 0 saturated heterocycles. The van der Waals surface area contributed by atoms with E-state index in [1.165, 1.54) is 0 Å². The van der Waals surface area contributed by atoms with Crippen LogP contribution in [0.5, 0.6) is 0 Å². The Hall–Kier alpha value is -0.180. The Morgan fingerprint density at radius 1 is 0.667 bits per heavy atom. The van der Waals surface area contributed by atoms with E-state index in [4.69, 9.17) is 8.37 Å². The molecule has 0 N–H and O–H groups in total. The fourth-order valence-corrected chi connectivity index (χ4v) is 5.05.